The van der Waals surface area contributed by atoms with Crippen LogP contribution in [0, 0.1) is 11.7 Å². The highest BCUT2D eigenvalue weighted by Gasteiger charge is 2.25. The quantitative estimate of drug-likeness (QED) is 0.753. The Morgan fingerprint density at radius 2 is 2.14 bits per heavy atom. The van der Waals surface area contributed by atoms with Crippen molar-refractivity contribution in [3.8, 4) is 0 Å². The number of anilines is 1. The SMILES string of the molecule is CCC(CC1CC1)NC(=O)Nc1cc(F)ccc1C(=O)O. The summed E-state index contributed by atoms with van der Waals surface area (Å²) in [5.41, 5.74) is -0.178. The number of nitrogens with one attached hydrogen (secondary N) is 2. The van der Waals surface area contributed by atoms with Gasteiger partial charge in [-0.2, -0.15) is 0 Å². The second-order valence-corrected chi connectivity index (χ2v) is 5.38. The third kappa shape index (κ3) is 4.44. The van der Waals surface area contributed by atoms with Crippen molar-refractivity contribution in [2.45, 2.75) is 38.6 Å². The number of aromatic carboxylic acids is 1. The number of carboxylic acid groups (broad SMARTS) is 1. The van der Waals surface area contributed by atoms with Crippen LogP contribution in [0.5, 0.6) is 0 Å². The lowest BCUT2D eigenvalue weighted by molar-refractivity contribution is 0.0698. The van der Waals surface area contributed by atoms with Gasteiger partial charge in [0.25, 0.3) is 0 Å². The molecular weight excluding hydrogens is 275 g/mol. The van der Waals surface area contributed by atoms with Crippen LogP contribution in [0.25, 0.3) is 0 Å². The zero-order valence-electron chi connectivity index (χ0n) is 11.9. The topological polar surface area (TPSA) is 78.4 Å². The molecule has 0 radical (unpaired) electrons. The number of urea groups is 1. The Kier molecular flexibility index (Phi) is 4.77. The summed E-state index contributed by atoms with van der Waals surface area (Å²) >= 11 is 0. The molecule has 21 heavy (non-hydrogen) atoms. The fourth-order valence-corrected chi connectivity index (χ4v) is 2.23. The van der Waals surface area contributed by atoms with Crippen molar-refractivity contribution in [2.75, 3.05) is 5.32 Å². The van der Waals surface area contributed by atoms with Crippen molar-refractivity contribution < 1.29 is 19.1 Å². The van der Waals surface area contributed by atoms with E-state index in [0.29, 0.717) is 5.92 Å². The monoisotopic (exact) mass is 294 g/mol. The van der Waals surface area contributed by atoms with Gasteiger partial charge in [-0.25, -0.2) is 14.0 Å². The number of hydrogen-bond acceptors (Lipinski definition) is 2. The van der Waals surface area contributed by atoms with Crippen LogP contribution >= 0.6 is 0 Å². The van der Waals surface area contributed by atoms with E-state index in [-0.39, 0.29) is 17.3 Å². The maximum absolute atomic E-state index is 13.2. The first kappa shape index (κ1) is 15.3. The largest absolute Gasteiger partial charge is 0.478 e. The van der Waals surface area contributed by atoms with E-state index in [2.05, 4.69) is 10.6 Å². The molecule has 0 saturated heterocycles. The van der Waals surface area contributed by atoms with Gasteiger partial charge in [-0.3, -0.25) is 0 Å². The Balaban J connectivity index is 2.00. The molecule has 1 aromatic carbocycles. The molecule has 0 heterocycles. The van der Waals surface area contributed by atoms with E-state index >= 15 is 0 Å². The van der Waals surface area contributed by atoms with Crippen molar-refractivity contribution in [3.05, 3.63) is 29.6 Å². The van der Waals surface area contributed by atoms with Gasteiger partial charge in [0, 0.05) is 6.04 Å². The van der Waals surface area contributed by atoms with Gasteiger partial charge in [-0.05, 0) is 37.0 Å². The van der Waals surface area contributed by atoms with E-state index in [1.807, 2.05) is 6.92 Å². The minimum atomic E-state index is -1.21. The Labute approximate surface area is 122 Å². The van der Waals surface area contributed by atoms with Crippen molar-refractivity contribution in [3.63, 3.8) is 0 Å². The molecule has 0 aromatic heterocycles. The summed E-state index contributed by atoms with van der Waals surface area (Å²) in [7, 11) is 0. The summed E-state index contributed by atoms with van der Waals surface area (Å²) in [6.07, 6.45) is 4.14. The lowest BCUT2D eigenvalue weighted by Crippen LogP contribution is -2.38. The Morgan fingerprint density at radius 3 is 2.71 bits per heavy atom. The summed E-state index contributed by atoms with van der Waals surface area (Å²) < 4.78 is 13.2. The average Bonchev–Trinajstić information content (AvgIpc) is 3.21. The van der Waals surface area contributed by atoms with Gasteiger partial charge in [-0.1, -0.05) is 19.8 Å². The minimum Gasteiger partial charge on any atom is -0.478 e. The van der Waals surface area contributed by atoms with Crippen LogP contribution in [0.15, 0.2) is 18.2 Å². The molecule has 1 aliphatic rings. The standard InChI is InChI=1S/C15H19FN2O3/c1-2-11(7-9-3-4-9)17-15(21)18-13-8-10(16)5-6-12(13)14(19)20/h5-6,8-9,11H,2-4,7H2,1H3,(H,19,20)(H2,17,18,21). The third-order valence-corrected chi connectivity index (χ3v) is 3.60. The number of amides is 2. The minimum absolute atomic E-state index is 0.0405. The molecule has 0 bridgehead atoms. The van der Waals surface area contributed by atoms with Crippen LogP contribution in [0.3, 0.4) is 0 Å². The molecule has 1 atom stereocenters. The van der Waals surface area contributed by atoms with Gasteiger partial charge in [-0.15, -0.1) is 0 Å². The fraction of sp³-hybridized carbons (Fsp3) is 0.467. The molecule has 2 amide bonds. The lowest BCUT2D eigenvalue weighted by Gasteiger charge is -2.17. The molecule has 1 saturated carbocycles. The number of carbonyl (C=O) groups excluding carboxylic acids is 1. The fourth-order valence-electron chi connectivity index (χ4n) is 2.23. The maximum atomic E-state index is 13.2. The van der Waals surface area contributed by atoms with Crippen molar-refractivity contribution in [2.24, 2.45) is 5.92 Å². The molecule has 6 heteroatoms. The first-order valence-electron chi connectivity index (χ1n) is 7.10. The smallest absolute Gasteiger partial charge is 0.337 e. The van der Waals surface area contributed by atoms with E-state index in [1.54, 1.807) is 0 Å². The van der Waals surface area contributed by atoms with Crippen LogP contribution in [-0.2, 0) is 0 Å². The average molecular weight is 294 g/mol. The number of carboxylic acids is 1. The van der Waals surface area contributed by atoms with E-state index in [0.717, 1.165) is 31.0 Å². The molecule has 1 aliphatic carbocycles. The molecule has 2 rings (SSSR count). The van der Waals surface area contributed by atoms with E-state index < -0.39 is 17.8 Å². The predicted octanol–water partition coefficient (Wildman–Crippen LogP) is 3.22. The highest BCUT2D eigenvalue weighted by molar-refractivity contribution is 6.00. The second kappa shape index (κ2) is 6.56. The van der Waals surface area contributed by atoms with E-state index in [1.165, 1.54) is 12.8 Å². The lowest BCUT2D eigenvalue weighted by atomic mass is 10.1. The molecule has 1 aromatic rings. The summed E-state index contributed by atoms with van der Waals surface area (Å²) in [5, 5.41) is 14.3. The Hall–Kier alpha value is -2.11. The zero-order chi connectivity index (χ0) is 15.4. The number of halogens is 1. The molecule has 0 spiro atoms. The summed E-state index contributed by atoms with van der Waals surface area (Å²) in [6, 6.07) is 2.74. The Morgan fingerprint density at radius 1 is 1.43 bits per heavy atom. The van der Waals surface area contributed by atoms with Crippen molar-refractivity contribution in [1.82, 2.24) is 5.32 Å². The second-order valence-electron chi connectivity index (χ2n) is 5.38. The van der Waals surface area contributed by atoms with E-state index in [9.17, 15) is 14.0 Å². The van der Waals surface area contributed by atoms with Gasteiger partial charge in [0.2, 0.25) is 0 Å². The van der Waals surface area contributed by atoms with Gasteiger partial charge in [0.15, 0.2) is 0 Å². The summed E-state index contributed by atoms with van der Waals surface area (Å²) in [4.78, 5) is 23.0. The maximum Gasteiger partial charge on any atom is 0.337 e. The van der Waals surface area contributed by atoms with E-state index in [4.69, 9.17) is 5.11 Å². The van der Waals surface area contributed by atoms with Gasteiger partial charge in [0.1, 0.15) is 5.82 Å². The van der Waals surface area contributed by atoms with Crippen LogP contribution in [-0.4, -0.2) is 23.1 Å². The normalized spacial score (nSPS) is 15.3. The third-order valence-electron chi connectivity index (χ3n) is 3.60. The molecule has 114 valence electrons. The van der Waals surface area contributed by atoms with Crippen molar-refractivity contribution >= 4 is 17.7 Å². The molecule has 1 unspecified atom stereocenters. The first-order valence-corrected chi connectivity index (χ1v) is 7.10. The molecule has 1 fully saturated rings. The van der Waals surface area contributed by atoms with Gasteiger partial charge < -0.3 is 15.7 Å². The van der Waals surface area contributed by atoms with Gasteiger partial charge >= 0.3 is 12.0 Å². The molecule has 0 aliphatic heterocycles. The number of rotatable bonds is 6. The number of benzene rings is 1. The highest BCUT2D eigenvalue weighted by atomic mass is 19.1. The zero-order valence-corrected chi connectivity index (χ0v) is 11.9. The molecular formula is C15H19FN2O3. The van der Waals surface area contributed by atoms with Crippen LogP contribution < -0.4 is 10.6 Å². The Bertz CT molecular complexity index is 544. The highest BCUT2D eigenvalue weighted by Crippen LogP contribution is 2.34. The van der Waals surface area contributed by atoms with Crippen LogP contribution in [0.2, 0.25) is 0 Å². The van der Waals surface area contributed by atoms with Crippen molar-refractivity contribution in [1.29, 1.82) is 0 Å². The first-order chi connectivity index (χ1) is 9.99. The number of hydrogen-bond donors (Lipinski definition) is 3. The summed E-state index contributed by atoms with van der Waals surface area (Å²) in [5.74, 6) is -1.13. The van der Waals surface area contributed by atoms with Gasteiger partial charge in [0.05, 0.1) is 11.3 Å². The molecule has 3 N–H and O–H groups in total. The number of carbonyl (C=O) groups is 2. The molecule has 5 nitrogen and oxygen atoms in total. The van der Waals surface area contributed by atoms with Crippen LogP contribution in [0.1, 0.15) is 43.0 Å². The van der Waals surface area contributed by atoms with Crippen LogP contribution in [0.4, 0.5) is 14.9 Å². The summed E-state index contributed by atoms with van der Waals surface area (Å²) in [6.45, 7) is 1.98. The predicted molar refractivity (Wildman–Crippen MR) is 76.9 cm³/mol.